The second-order valence-electron chi connectivity index (χ2n) is 12.8. The van der Waals surface area contributed by atoms with Crippen molar-refractivity contribution >= 4 is 46.4 Å². The minimum atomic E-state index is -0.974. The third-order valence-electron chi connectivity index (χ3n) is 9.84. The van der Waals surface area contributed by atoms with Crippen LogP contribution >= 0.6 is 46.4 Å². The van der Waals surface area contributed by atoms with Crippen LogP contribution in [0.3, 0.4) is 0 Å². The van der Waals surface area contributed by atoms with Gasteiger partial charge < -0.3 is 23.7 Å². The lowest BCUT2D eigenvalue weighted by atomic mass is 9.81. The minimum absolute atomic E-state index is 0.171. The minimum Gasteiger partial charge on any atom is -0.493 e. The van der Waals surface area contributed by atoms with E-state index in [4.69, 9.17) is 70.1 Å². The number of hydrogen-bond acceptors (Lipinski definition) is 5. The highest BCUT2D eigenvalue weighted by Gasteiger charge is 2.43. The highest BCUT2D eigenvalue weighted by atomic mass is 35.5. The van der Waals surface area contributed by atoms with Crippen molar-refractivity contribution in [3.05, 3.63) is 94.0 Å². The molecule has 4 aliphatic rings. The van der Waals surface area contributed by atoms with Crippen LogP contribution in [0.15, 0.2) is 82.9 Å². The van der Waals surface area contributed by atoms with Gasteiger partial charge in [-0.15, -0.1) is 23.2 Å². The van der Waals surface area contributed by atoms with E-state index in [0.717, 1.165) is 36.8 Å². The van der Waals surface area contributed by atoms with Crippen LogP contribution in [0.5, 0.6) is 23.0 Å². The van der Waals surface area contributed by atoms with Crippen LogP contribution in [0.1, 0.15) is 62.5 Å². The Kier molecular flexibility index (Phi) is 11.1. The van der Waals surface area contributed by atoms with E-state index in [1.807, 2.05) is 72.9 Å². The number of alkyl halides is 2. The molecular formula is C38H42Cl4O5. The van der Waals surface area contributed by atoms with Gasteiger partial charge in [-0.25, -0.2) is 0 Å². The first kappa shape index (κ1) is 34.6. The zero-order chi connectivity index (χ0) is 33.0. The summed E-state index contributed by atoms with van der Waals surface area (Å²) in [6, 6.07) is 11.7. The molecule has 4 atom stereocenters. The van der Waals surface area contributed by atoms with Crippen molar-refractivity contribution in [3.63, 3.8) is 0 Å². The molecule has 9 heteroatoms. The molecule has 2 aromatic rings. The van der Waals surface area contributed by atoms with Gasteiger partial charge in [-0.05, 0) is 98.9 Å². The molecule has 0 bridgehead atoms. The van der Waals surface area contributed by atoms with Gasteiger partial charge >= 0.3 is 0 Å². The van der Waals surface area contributed by atoms with Gasteiger partial charge in [0.25, 0.3) is 0 Å². The van der Waals surface area contributed by atoms with E-state index in [1.54, 1.807) is 14.2 Å². The molecule has 6 rings (SSSR count). The molecule has 2 fully saturated rings. The summed E-state index contributed by atoms with van der Waals surface area (Å²) >= 11 is 28.7. The van der Waals surface area contributed by atoms with Crippen LogP contribution in [0.25, 0.3) is 0 Å². The van der Waals surface area contributed by atoms with Crippen molar-refractivity contribution < 1.29 is 23.7 Å². The van der Waals surface area contributed by atoms with E-state index in [-0.39, 0.29) is 37.3 Å². The molecule has 252 valence electrons. The summed E-state index contributed by atoms with van der Waals surface area (Å²) in [5, 5.41) is 1.20. The molecule has 0 aromatic heterocycles. The van der Waals surface area contributed by atoms with Gasteiger partial charge in [-0.1, -0.05) is 59.6 Å². The molecule has 0 amide bonds. The van der Waals surface area contributed by atoms with Crippen molar-refractivity contribution in [3.8, 4) is 23.0 Å². The molecule has 2 aromatic carbocycles. The molecular weight excluding hydrogens is 678 g/mol. The normalized spacial score (nSPS) is 27.9. The lowest BCUT2D eigenvalue weighted by molar-refractivity contribution is 0.0765. The second-order valence-corrected chi connectivity index (χ2v) is 14.9. The standard InChI is InChI=1S/C38H42Cl4O5/c1-43-33-17-15-25(21-35(33)46-27-9-3-4-10-27)37(41)19-7-13-31(39)29(37)23-45-24-30-32(40)14-8-20-38(30,42)26-16-18-34(44-2)36(22-26)47-28-11-5-6-12-28/h7-8,13-22,27-30H,3-6,9-12,23-24H2,1-2H3. The van der Waals surface area contributed by atoms with Crippen LogP contribution in [0.4, 0.5) is 0 Å². The highest BCUT2D eigenvalue weighted by Crippen LogP contribution is 2.50. The first-order chi connectivity index (χ1) is 22.7. The number of allylic oxidation sites excluding steroid dienone is 6. The molecule has 0 saturated heterocycles. The predicted molar refractivity (Wildman–Crippen MR) is 191 cm³/mol. The van der Waals surface area contributed by atoms with E-state index in [2.05, 4.69) is 0 Å². The Morgan fingerprint density at radius 3 is 1.40 bits per heavy atom. The van der Waals surface area contributed by atoms with Gasteiger partial charge in [0.2, 0.25) is 0 Å². The average molecular weight is 721 g/mol. The topological polar surface area (TPSA) is 46.2 Å². The molecule has 5 nitrogen and oxygen atoms in total. The van der Waals surface area contributed by atoms with Crippen molar-refractivity contribution in [1.82, 2.24) is 0 Å². The Labute approximate surface area is 298 Å². The Bertz CT molecular complexity index is 1430. The predicted octanol–water partition coefficient (Wildman–Crippen LogP) is 10.5. The Balaban J connectivity index is 1.21. The van der Waals surface area contributed by atoms with E-state index < -0.39 is 9.75 Å². The summed E-state index contributed by atoms with van der Waals surface area (Å²) in [5.74, 6) is 1.98. The Morgan fingerprint density at radius 2 is 1.02 bits per heavy atom. The SMILES string of the molecule is COc1ccc(C2(Cl)C=CC=C(Cl)C2COCC2C(Cl)=CC=CC2(Cl)c2ccc(OC)c(OC3CCCC3)c2)cc1OC1CCCC1. The van der Waals surface area contributed by atoms with Gasteiger partial charge in [0, 0.05) is 21.9 Å². The number of benzene rings is 2. The van der Waals surface area contributed by atoms with E-state index in [0.29, 0.717) is 33.1 Å². The summed E-state index contributed by atoms with van der Waals surface area (Å²) in [6.07, 6.45) is 20.6. The summed E-state index contributed by atoms with van der Waals surface area (Å²) in [6.45, 7) is 0.480. The van der Waals surface area contributed by atoms with Crippen LogP contribution in [0.2, 0.25) is 0 Å². The van der Waals surface area contributed by atoms with Crippen LogP contribution < -0.4 is 18.9 Å². The van der Waals surface area contributed by atoms with Crippen molar-refractivity contribution in [1.29, 1.82) is 0 Å². The fourth-order valence-corrected chi connectivity index (χ4v) is 8.58. The van der Waals surface area contributed by atoms with Crippen molar-refractivity contribution in [2.45, 2.75) is 73.3 Å². The van der Waals surface area contributed by atoms with Crippen LogP contribution in [-0.4, -0.2) is 39.6 Å². The first-order valence-corrected chi connectivity index (χ1v) is 18.0. The molecule has 0 spiro atoms. The Morgan fingerprint density at radius 1 is 0.617 bits per heavy atom. The maximum atomic E-state index is 7.47. The number of methoxy groups -OCH3 is 2. The smallest absolute Gasteiger partial charge is 0.161 e. The largest absolute Gasteiger partial charge is 0.493 e. The van der Waals surface area contributed by atoms with E-state index >= 15 is 0 Å². The second kappa shape index (κ2) is 15.1. The lowest BCUT2D eigenvalue weighted by Crippen LogP contribution is -2.36. The molecule has 2 saturated carbocycles. The van der Waals surface area contributed by atoms with Gasteiger partial charge in [-0.3, -0.25) is 0 Å². The molecule has 0 aliphatic heterocycles. The molecule has 0 heterocycles. The molecule has 4 aliphatic carbocycles. The monoisotopic (exact) mass is 718 g/mol. The zero-order valence-corrected chi connectivity index (χ0v) is 29.9. The summed E-state index contributed by atoms with van der Waals surface area (Å²) in [4.78, 5) is -1.95. The molecule has 4 unspecified atom stereocenters. The molecule has 47 heavy (non-hydrogen) atoms. The quantitative estimate of drug-likeness (QED) is 0.204. The van der Waals surface area contributed by atoms with Gasteiger partial charge in [0.1, 0.15) is 0 Å². The first-order valence-electron chi connectivity index (χ1n) is 16.5. The number of rotatable bonds is 12. The van der Waals surface area contributed by atoms with E-state index in [9.17, 15) is 0 Å². The van der Waals surface area contributed by atoms with E-state index in [1.165, 1.54) is 25.7 Å². The summed E-state index contributed by atoms with van der Waals surface area (Å²) in [7, 11) is 3.30. The number of halogens is 4. The molecule has 0 N–H and O–H groups in total. The lowest BCUT2D eigenvalue weighted by Gasteiger charge is -2.38. The van der Waals surface area contributed by atoms with Crippen molar-refractivity contribution in [2.75, 3.05) is 27.4 Å². The van der Waals surface area contributed by atoms with Gasteiger partial charge in [0.15, 0.2) is 23.0 Å². The zero-order valence-electron chi connectivity index (χ0n) is 26.9. The van der Waals surface area contributed by atoms with Crippen molar-refractivity contribution in [2.24, 2.45) is 11.8 Å². The number of hydrogen-bond donors (Lipinski definition) is 0. The summed E-state index contributed by atoms with van der Waals surface area (Å²) in [5.41, 5.74) is 1.70. The average Bonchev–Trinajstić information content (AvgIpc) is 3.78. The maximum absolute atomic E-state index is 7.47. The van der Waals surface area contributed by atoms with Gasteiger partial charge in [0.05, 0.1) is 49.4 Å². The maximum Gasteiger partial charge on any atom is 0.161 e. The fraction of sp³-hybridized carbons (Fsp3) is 0.474. The third-order valence-corrected chi connectivity index (χ3v) is 11.8. The fourth-order valence-electron chi connectivity index (χ4n) is 7.11. The van der Waals surface area contributed by atoms with Crippen LogP contribution in [-0.2, 0) is 14.5 Å². The third kappa shape index (κ3) is 7.35. The van der Waals surface area contributed by atoms with Crippen LogP contribution in [0, 0.1) is 11.8 Å². The highest BCUT2D eigenvalue weighted by molar-refractivity contribution is 6.33. The summed E-state index contributed by atoms with van der Waals surface area (Å²) < 4.78 is 30.5. The van der Waals surface area contributed by atoms with Gasteiger partial charge in [-0.2, -0.15) is 0 Å². The molecule has 0 radical (unpaired) electrons. The Hall–Kier alpha value is -2.28. The number of ether oxygens (including phenoxy) is 5.